The smallest absolute Gasteiger partial charge is 0.137 e. The standard InChI is InChI=1S/C7H12O2/c1-4-9-7(3)5-6(2)8/h3-5H2,1-2H3. The maximum atomic E-state index is 10.4. The molecule has 0 aromatic carbocycles. The van der Waals surface area contributed by atoms with E-state index in [1.807, 2.05) is 6.92 Å². The van der Waals surface area contributed by atoms with E-state index in [-0.39, 0.29) is 5.78 Å². The number of allylic oxidation sites excluding steroid dienone is 1. The molecule has 0 saturated heterocycles. The molecule has 0 spiro atoms. The summed E-state index contributed by atoms with van der Waals surface area (Å²) in [5.74, 6) is 0.651. The summed E-state index contributed by atoms with van der Waals surface area (Å²) in [6.45, 7) is 7.52. The van der Waals surface area contributed by atoms with Crippen LogP contribution >= 0.6 is 0 Å². The molecule has 0 aromatic heterocycles. The lowest BCUT2D eigenvalue weighted by atomic mass is 10.3. The minimum Gasteiger partial charge on any atom is -0.498 e. The van der Waals surface area contributed by atoms with E-state index in [2.05, 4.69) is 6.58 Å². The van der Waals surface area contributed by atoms with Gasteiger partial charge in [0, 0.05) is 0 Å². The number of Topliss-reactive ketones (excluding diaryl/α,β-unsaturated/α-hetero) is 1. The molecule has 0 heterocycles. The summed E-state index contributed by atoms with van der Waals surface area (Å²) in [6, 6.07) is 0. The van der Waals surface area contributed by atoms with Crippen LogP contribution in [0.5, 0.6) is 0 Å². The normalized spacial score (nSPS) is 8.67. The zero-order chi connectivity index (χ0) is 7.28. The van der Waals surface area contributed by atoms with Gasteiger partial charge < -0.3 is 4.74 Å². The van der Waals surface area contributed by atoms with E-state index in [0.29, 0.717) is 18.8 Å². The van der Waals surface area contributed by atoms with Gasteiger partial charge in [0.05, 0.1) is 18.8 Å². The molecule has 2 nitrogen and oxygen atoms in total. The molecule has 0 aliphatic heterocycles. The number of ketones is 1. The van der Waals surface area contributed by atoms with E-state index in [4.69, 9.17) is 4.74 Å². The third-order valence-electron chi connectivity index (χ3n) is 0.795. The van der Waals surface area contributed by atoms with Gasteiger partial charge in [0.15, 0.2) is 0 Å². The number of carbonyl (C=O) groups is 1. The zero-order valence-electron chi connectivity index (χ0n) is 5.94. The largest absolute Gasteiger partial charge is 0.498 e. The summed E-state index contributed by atoms with van der Waals surface area (Å²) in [7, 11) is 0. The lowest BCUT2D eigenvalue weighted by molar-refractivity contribution is -0.116. The van der Waals surface area contributed by atoms with Crippen LogP contribution in [-0.4, -0.2) is 12.4 Å². The quantitative estimate of drug-likeness (QED) is 0.536. The van der Waals surface area contributed by atoms with Crippen molar-refractivity contribution in [2.24, 2.45) is 0 Å². The Kier molecular flexibility index (Phi) is 3.76. The van der Waals surface area contributed by atoms with Gasteiger partial charge in [-0.2, -0.15) is 0 Å². The van der Waals surface area contributed by atoms with E-state index in [9.17, 15) is 4.79 Å². The molecule has 52 valence electrons. The fourth-order valence-corrected chi connectivity index (χ4v) is 0.533. The van der Waals surface area contributed by atoms with E-state index in [1.165, 1.54) is 6.92 Å². The fraction of sp³-hybridized carbons (Fsp3) is 0.571. The summed E-state index contributed by atoms with van der Waals surface area (Å²) >= 11 is 0. The number of hydrogen-bond acceptors (Lipinski definition) is 2. The molecule has 0 aliphatic rings. The van der Waals surface area contributed by atoms with Crippen LogP contribution in [0.15, 0.2) is 12.3 Å². The van der Waals surface area contributed by atoms with Crippen LogP contribution < -0.4 is 0 Å². The van der Waals surface area contributed by atoms with Gasteiger partial charge in [-0.1, -0.05) is 6.58 Å². The Morgan fingerprint density at radius 1 is 1.67 bits per heavy atom. The first-order valence-corrected chi connectivity index (χ1v) is 2.96. The van der Waals surface area contributed by atoms with Gasteiger partial charge in [0.1, 0.15) is 5.78 Å². The fourth-order valence-electron chi connectivity index (χ4n) is 0.533. The van der Waals surface area contributed by atoms with Crippen LogP contribution in [0.3, 0.4) is 0 Å². The first kappa shape index (κ1) is 8.21. The van der Waals surface area contributed by atoms with Crippen molar-refractivity contribution in [2.75, 3.05) is 6.61 Å². The number of ether oxygens (including phenoxy) is 1. The number of carbonyl (C=O) groups excluding carboxylic acids is 1. The van der Waals surface area contributed by atoms with Crippen LogP contribution in [0.25, 0.3) is 0 Å². The molecule has 0 amide bonds. The van der Waals surface area contributed by atoms with E-state index >= 15 is 0 Å². The van der Waals surface area contributed by atoms with Crippen LogP contribution in [-0.2, 0) is 9.53 Å². The van der Waals surface area contributed by atoms with Crippen LogP contribution in [0.4, 0.5) is 0 Å². The molecular weight excluding hydrogens is 116 g/mol. The Morgan fingerprint density at radius 2 is 2.22 bits per heavy atom. The highest BCUT2D eigenvalue weighted by atomic mass is 16.5. The molecule has 2 heteroatoms. The average molecular weight is 128 g/mol. The Bertz CT molecular complexity index is 116. The second-order valence-electron chi connectivity index (χ2n) is 1.85. The summed E-state index contributed by atoms with van der Waals surface area (Å²) in [4.78, 5) is 10.4. The van der Waals surface area contributed by atoms with Crippen molar-refractivity contribution in [1.29, 1.82) is 0 Å². The predicted octanol–water partition coefficient (Wildman–Crippen LogP) is 1.52. The number of hydrogen-bond donors (Lipinski definition) is 0. The molecule has 0 unspecified atom stereocenters. The van der Waals surface area contributed by atoms with E-state index in [1.54, 1.807) is 0 Å². The Labute approximate surface area is 55.5 Å². The highest BCUT2D eigenvalue weighted by molar-refractivity contribution is 5.77. The lowest BCUT2D eigenvalue weighted by Gasteiger charge is -2.02. The minimum atomic E-state index is 0.0912. The van der Waals surface area contributed by atoms with Gasteiger partial charge in [-0.15, -0.1) is 0 Å². The second kappa shape index (κ2) is 4.13. The van der Waals surface area contributed by atoms with Gasteiger partial charge in [0.25, 0.3) is 0 Å². The molecule has 0 aliphatic carbocycles. The van der Waals surface area contributed by atoms with Gasteiger partial charge in [-0.3, -0.25) is 4.79 Å². The van der Waals surface area contributed by atoms with Crippen molar-refractivity contribution < 1.29 is 9.53 Å². The van der Waals surface area contributed by atoms with Crippen LogP contribution in [0.1, 0.15) is 20.3 Å². The Balaban J connectivity index is 3.39. The molecule has 0 N–H and O–H groups in total. The third kappa shape index (κ3) is 5.07. The lowest BCUT2D eigenvalue weighted by Crippen LogP contribution is -1.96. The summed E-state index contributed by atoms with van der Waals surface area (Å²) in [6.07, 6.45) is 0.341. The second-order valence-corrected chi connectivity index (χ2v) is 1.85. The monoisotopic (exact) mass is 128 g/mol. The Hall–Kier alpha value is -0.790. The SMILES string of the molecule is C=C(CC(C)=O)OCC. The van der Waals surface area contributed by atoms with Crippen molar-refractivity contribution in [3.05, 3.63) is 12.3 Å². The molecule has 0 aromatic rings. The Morgan fingerprint density at radius 3 is 2.56 bits per heavy atom. The minimum absolute atomic E-state index is 0.0912. The van der Waals surface area contributed by atoms with Crippen molar-refractivity contribution >= 4 is 5.78 Å². The van der Waals surface area contributed by atoms with Crippen molar-refractivity contribution in [2.45, 2.75) is 20.3 Å². The van der Waals surface area contributed by atoms with E-state index < -0.39 is 0 Å². The first-order chi connectivity index (χ1) is 4.16. The van der Waals surface area contributed by atoms with Gasteiger partial charge in [-0.25, -0.2) is 0 Å². The first-order valence-electron chi connectivity index (χ1n) is 2.96. The molecule has 0 rings (SSSR count). The zero-order valence-corrected chi connectivity index (χ0v) is 5.94. The molecule has 9 heavy (non-hydrogen) atoms. The summed E-state index contributed by atoms with van der Waals surface area (Å²) < 4.78 is 4.94. The topological polar surface area (TPSA) is 26.3 Å². The molecule has 0 bridgehead atoms. The van der Waals surface area contributed by atoms with Crippen molar-refractivity contribution in [3.63, 3.8) is 0 Å². The van der Waals surface area contributed by atoms with E-state index in [0.717, 1.165) is 0 Å². The van der Waals surface area contributed by atoms with Gasteiger partial charge in [-0.05, 0) is 13.8 Å². The van der Waals surface area contributed by atoms with Crippen molar-refractivity contribution in [1.82, 2.24) is 0 Å². The van der Waals surface area contributed by atoms with Crippen LogP contribution in [0, 0.1) is 0 Å². The summed E-state index contributed by atoms with van der Waals surface area (Å²) in [5, 5.41) is 0. The maximum Gasteiger partial charge on any atom is 0.137 e. The summed E-state index contributed by atoms with van der Waals surface area (Å²) in [5.41, 5.74) is 0. The highest BCUT2D eigenvalue weighted by Crippen LogP contribution is 1.99. The average Bonchev–Trinajstić information content (AvgIpc) is 1.63. The van der Waals surface area contributed by atoms with Crippen LogP contribution in [0.2, 0.25) is 0 Å². The molecular formula is C7H12O2. The van der Waals surface area contributed by atoms with Gasteiger partial charge >= 0.3 is 0 Å². The molecule has 0 atom stereocenters. The highest BCUT2D eigenvalue weighted by Gasteiger charge is 1.96. The predicted molar refractivity (Wildman–Crippen MR) is 36.1 cm³/mol. The van der Waals surface area contributed by atoms with Gasteiger partial charge in [0.2, 0.25) is 0 Å². The third-order valence-corrected chi connectivity index (χ3v) is 0.795. The maximum absolute atomic E-state index is 10.4. The molecule has 0 radical (unpaired) electrons. The van der Waals surface area contributed by atoms with Crippen molar-refractivity contribution in [3.8, 4) is 0 Å². The number of rotatable bonds is 4. The molecule has 0 saturated carbocycles. The molecule has 0 fully saturated rings.